The predicted octanol–water partition coefficient (Wildman–Crippen LogP) is 4.41. The van der Waals surface area contributed by atoms with Crippen LogP contribution in [0.5, 0.6) is 0 Å². The Morgan fingerprint density at radius 2 is 1.93 bits per heavy atom. The second-order valence-corrected chi connectivity index (χ2v) is 6.95. The third-order valence-electron chi connectivity index (χ3n) is 4.53. The van der Waals surface area contributed by atoms with Crippen LogP contribution in [-0.4, -0.2) is 11.9 Å². The molecule has 4 nitrogen and oxygen atoms in total. The van der Waals surface area contributed by atoms with Crippen LogP contribution in [0.15, 0.2) is 53.7 Å². The highest BCUT2D eigenvalue weighted by Gasteiger charge is 2.35. The Kier molecular flexibility index (Phi) is 5.61. The van der Waals surface area contributed by atoms with Gasteiger partial charge in [-0.15, -0.1) is 0 Å². The van der Waals surface area contributed by atoms with Crippen LogP contribution in [0.1, 0.15) is 36.0 Å². The minimum atomic E-state index is -0.794. The second-order valence-electron chi connectivity index (χ2n) is 6.54. The van der Waals surface area contributed by atoms with E-state index in [2.05, 4.69) is 5.32 Å². The van der Waals surface area contributed by atoms with Gasteiger partial charge in [0.25, 0.3) is 0 Å². The highest BCUT2D eigenvalue weighted by molar-refractivity contribution is 6.31. The second kappa shape index (κ2) is 7.92. The molecular formula is C21H19ClFNO3. The summed E-state index contributed by atoms with van der Waals surface area (Å²) >= 11 is 6.17. The Morgan fingerprint density at radius 1 is 1.22 bits per heavy atom. The van der Waals surface area contributed by atoms with Crippen molar-refractivity contribution in [3.63, 3.8) is 0 Å². The van der Waals surface area contributed by atoms with Crippen molar-refractivity contribution in [2.24, 2.45) is 0 Å². The molecule has 27 heavy (non-hydrogen) atoms. The first-order valence-electron chi connectivity index (χ1n) is 8.54. The lowest BCUT2D eigenvalue weighted by atomic mass is 9.84. The van der Waals surface area contributed by atoms with Crippen molar-refractivity contribution in [2.45, 2.75) is 32.8 Å². The highest BCUT2D eigenvalue weighted by Crippen LogP contribution is 2.38. The van der Waals surface area contributed by atoms with Crippen LogP contribution in [0.2, 0.25) is 5.02 Å². The quantitative estimate of drug-likeness (QED) is 0.790. The van der Waals surface area contributed by atoms with Gasteiger partial charge in [0, 0.05) is 28.6 Å². The third-order valence-corrected chi connectivity index (χ3v) is 4.86. The molecule has 0 aliphatic carbocycles. The highest BCUT2D eigenvalue weighted by atomic mass is 35.5. The molecule has 0 unspecified atom stereocenters. The lowest BCUT2D eigenvalue weighted by Crippen LogP contribution is -2.34. The SMILES string of the molecule is CC1=C(C(=O)OCc2ccc(C)cc2)[C@@H](c2c(F)cccc2Cl)CC(=O)N1. The number of carbonyl (C=O) groups excluding carboxylic acids is 2. The zero-order valence-electron chi connectivity index (χ0n) is 15.0. The van der Waals surface area contributed by atoms with Gasteiger partial charge in [0.15, 0.2) is 0 Å². The number of allylic oxidation sites excluding steroid dienone is 1. The van der Waals surface area contributed by atoms with Gasteiger partial charge in [0.1, 0.15) is 12.4 Å². The number of ether oxygens (including phenoxy) is 1. The minimum Gasteiger partial charge on any atom is -0.457 e. The summed E-state index contributed by atoms with van der Waals surface area (Å²) in [5.41, 5.74) is 2.65. The largest absolute Gasteiger partial charge is 0.457 e. The van der Waals surface area contributed by atoms with Crippen LogP contribution in [-0.2, 0) is 20.9 Å². The van der Waals surface area contributed by atoms with Crippen LogP contribution in [0, 0.1) is 12.7 Å². The van der Waals surface area contributed by atoms with E-state index >= 15 is 0 Å². The third kappa shape index (κ3) is 4.19. The maximum Gasteiger partial charge on any atom is 0.336 e. The number of hydrogen-bond donors (Lipinski definition) is 1. The van der Waals surface area contributed by atoms with Gasteiger partial charge in [-0.3, -0.25) is 4.79 Å². The van der Waals surface area contributed by atoms with Gasteiger partial charge < -0.3 is 10.1 Å². The van der Waals surface area contributed by atoms with Crippen molar-refractivity contribution < 1.29 is 18.7 Å². The molecule has 2 aromatic rings. The summed E-state index contributed by atoms with van der Waals surface area (Å²) < 4.78 is 19.9. The zero-order chi connectivity index (χ0) is 19.6. The number of amides is 1. The molecule has 1 atom stereocenters. The maximum absolute atomic E-state index is 14.4. The molecule has 0 spiro atoms. The Morgan fingerprint density at radius 3 is 2.59 bits per heavy atom. The summed E-state index contributed by atoms with van der Waals surface area (Å²) in [4.78, 5) is 24.8. The molecular weight excluding hydrogens is 369 g/mol. The Labute approximate surface area is 162 Å². The average Bonchev–Trinajstić information content (AvgIpc) is 2.60. The van der Waals surface area contributed by atoms with E-state index in [0.717, 1.165) is 11.1 Å². The van der Waals surface area contributed by atoms with E-state index in [9.17, 15) is 14.0 Å². The number of carbonyl (C=O) groups is 2. The number of aryl methyl sites for hydroxylation is 1. The molecule has 0 saturated carbocycles. The average molecular weight is 388 g/mol. The normalized spacial score (nSPS) is 16.9. The molecule has 1 aliphatic heterocycles. The van der Waals surface area contributed by atoms with Crippen molar-refractivity contribution in [3.05, 3.63) is 81.3 Å². The van der Waals surface area contributed by atoms with E-state index in [1.807, 2.05) is 31.2 Å². The van der Waals surface area contributed by atoms with Crippen LogP contribution in [0.3, 0.4) is 0 Å². The van der Waals surface area contributed by atoms with Crippen LogP contribution < -0.4 is 5.32 Å². The maximum atomic E-state index is 14.4. The van der Waals surface area contributed by atoms with E-state index in [-0.39, 0.29) is 35.1 Å². The topological polar surface area (TPSA) is 55.4 Å². The van der Waals surface area contributed by atoms with Crippen molar-refractivity contribution in [2.75, 3.05) is 0 Å². The van der Waals surface area contributed by atoms with Crippen molar-refractivity contribution in [3.8, 4) is 0 Å². The zero-order valence-corrected chi connectivity index (χ0v) is 15.8. The van der Waals surface area contributed by atoms with Gasteiger partial charge in [-0.05, 0) is 31.5 Å². The molecule has 0 bridgehead atoms. The molecule has 3 rings (SSSR count). The molecule has 0 radical (unpaired) electrons. The van der Waals surface area contributed by atoms with E-state index in [4.69, 9.17) is 16.3 Å². The fourth-order valence-corrected chi connectivity index (χ4v) is 3.47. The summed E-state index contributed by atoms with van der Waals surface area (Å²) in [6, 6.07) is 11.9. The van der Waals surface area contributed by atoms with Crippen LogP contribution in [0.25, 0.3) is 0 Å². The Hall–Kier alpha value is -2.66. The Bertz CT molecular complexity index is 901. The fraction of sp³-hybridized carbons (Fsp3) is 0.238. The summed E-state index contributed by atoms with van der Waals surface area (Å²) in [5, 5.41) is 2.80. The fourth-order valence-electron chi connectivity index (χ4n) is 3.17. The van der Waals surface area contributed by atoms with Gasteiger partial charge in [-0.2, -0.15) is 0 Å². The smallest absolute Gasteiger partial charge is 0.336 e. The summed E-state index contributed by atoms with van der Waals surface area (Å²) in [7, 11) is 0. The summed E-state index contributed by atoms with van der Waals surface area (Å²) in [6.45, 7) is 3.65. The van der Waals surface area contributed by atoms with Crippen molar-refractivity contribution in [1.29, 1.82) is 0 Å². The Balaban J connectivity index is 1.89. The lowest BCUT2D eigenvalue weighted by Gasteiger charge is -2.27. The molecule has 1 heterocycles. The van der Waals surface area contributed by atoms with Gasteiger partial charge in [-0.25, -0.2) is 9.18 Å². The standard InChI is InChI=1S/C21H19ClFNO3/c1-12-6-8-14(9-7-12)11-27-21(26)19-13(2)24-18(25)10-15(19)20-16(22)4-3-5-17(20)23/h3-9,15H,10-11H2,1-2H3,(H,24,25)/t15-/m0/s1. The summed E-state index contributed by atoms with van der Waals surface area (Å²) in [6.07, 6.45) is -0.0764. The first kappa shape index (κ1) is 19.1. The molecule has 1 aliphatic rings. The molecule has 140 valence electrons. The van der Waals surface area contributed by atoms with E-state index in [1.54, 1.807) is 6.92 Å². The number of esters is 1. The van der Waals surface area contributed by atoms with Gasteiger partial charge in [0.2, 0.25) is 5.91 Å². The molecule has 2 aromatic carbocycles. The van der Waals surface area contributed by atoms with Crippen molar-refractivity contribution >= 4 is 23.5 Å². The van der Waals surface area contributed by atoms with E-state index < -0.39 is 17.7 Å². The van der Waals surface area contributed by atoms with Crippen LogP contribution >= 0.6 is 11.6 Å². The van der Waals surface area contributed by atoms with Gasteiger partial charge in [-0.1, -0.05) is 47.5 Å². The molecule has 1 N–H and O–H groups in total. The molecule has 0 fully saturated rings. The van der Waals surface area contributed by atoms with Gasteiger partial charge >= 0.3 is 5.97 Å². The predicted molar refractivity (Wildman–Crippen MR) is 101 cm³/mol. The molecule has 0 saturated heterocycles. The minimum absolute atomic E-state index is 0.0764. The molecule has 1 amide bonds. The number of hydrogen-bond acceptors (Lipinski definition) is 3. The van der Waals surface area contributed by atoms with Crippen LogP contribution in [0.4, 0.5) is 4.39 Å². The first-order chi connectivity index (χ1) is 12.9. The molecule has 6 heteroatoms. The van der Waals surface area contributed by atoms with Gasteiger partial charge in [0.05, 0.1) is 5.57 Å². The first-order valence-corrected chi connectivity index (χ1v) is 8.92. The van der Waals surface area contributed by atoms with Crippen molar-refractivity contribution in [1.82, 2.24) is 5.32 Å². The van der Waals surface area contributed by atoms with E-state index in [1.165, 1.54) is 18.2 Å². The number of nitrogens with one attached hydrogen (secondary N) is 1. The van der Waals surface area contributed by atoms with E-state index in [0.29, 0.717) is 5.70 Å². The summed E-state index contributed by atoms with van der Waals surface area (Å²) in [5.74, 6) is -2.25. The lowest BCUT2D eigenvalue weighted by molar-refractivity contribution is -0.141. The number of benzene rings is 2. The molecule has 0 aromatic heterocycles. The number of rotatable bonds is 4. The number of halogens is 2. The monoisotopic (exact) mass is 387 g/mol.